The zero-order chi connectivity index (χ0) is 22.1. The highest BCUT2D eigenvalue weighted by Crippen LogP contribution is 2.47. The van der Waals surface area contributed by atoms with Crippen LogP contribution in [0.2, 0.25) is 0 Å². The van der Waals surface area contributed by atoms with Crippen LogP contribution in [0.25, 0.3) is 11.0 Å². The molecule has 5 rings (SSSR count). The largest absolute Gasteiger partial charge is 0.482 e. The van der Waals surface area contributed by atoms with Crippen LogP contribution in [0.4, 0.5) is 5.82 Å². The summed E-state index contributed by atoms with van der Waals surface area (Å²) in [4.78, 5) is 23.4. The third-order valence-corrected chi connectivity index (χ3v) is 5.85. The fourth-order valence-corrected chi connectivity index (χ4v) is 4.21. The summed E-state index contributed by atoms with van der Waals surface area (Å²) in [5.74, 6) is 3.88. The molecule has 0 radical (unpaired) electrons. The van der Waals surface area contributed by atoms with E-state index in [1.54, 1.807) is 6.20 Å². The van der Waals surface area contributed by atoms with Crippen LogP contribution in [0, 0.1) is 0 Å². The van der Waals surface area contributed by atoms with Gasteiger partial charge in [0, 0.05) is 36.7 Å². The average Bonchev–Trinajstić information content (AvgIpc) is 3.39. The third-order valence-electron chi connectivity index (χ3n) is 5.85. The average molecular weight is 428 g/mol. The molecule has 2 aromatic heterocycles. The molecular formula is C25H24N4O3. The zero-order valence-electron chi connectivity index (χ0n) is 18.0. The van der Waals surface area contributed by atoms with Gasteiger partial charge in [-0.05, 0) is 42.8 Å². The lowest BCUT2D eigenvalue weighted by Gasteiger charge is -2.14. The van der Waals surface area contributed by atoms with E-state index in [1.807, 2.05) is 55.6 Å². The quantitative estimate of drug-likeness (QED) is 0.395. The number of aldehydes is 1. The maximum Gasteiger partial charge on any atom is 0.163 e. The van der Waals surface area contributed by atoms with Crippen LogP contribution in [-0.2, 0) is 11.2 Å². The van der Waals surface area contributed by atoms with Crippen LogP contribution in [0.5, 0.6) is 17.2 Å². The Morgan fingerprint density at radius 3 is 2.91 bits per heavy atom. The number of aromatic nitrogens is 3. The first kappa shape index (κ1) is 20.1. The van der Waals surface area contributed by atoms with Crippen LogP contribution in [-0.4, -0.2) is 28.3 Å². The number of ether oxygens (including phenoxy) is 2. The molecule has 7 nitrogen and oxygen atoms in total. The number of hydrogen-bond acceptors (Lipinski definition) is 6. The Kier molecular flexibility index (Phi) is 5.23. The molecule has 7 heteroatoms. The second kappa shape index (κ2) is 8.34. The fourth-order valence-electron chi connectivity index (χ4n) is 4.21. The van der Waals surface area contributed by atoms with Crippen molar-refractivity contribution in [3.63, 3.8) is 0 Å². The monoisotopic (exact) mass is 428 g/mol. The van der Waals surface area contributed by atoms with E-state index in [-0.39, 0.29) is 12.0 Å². The van der Waals surface area contributed by atoms with Crippen molar-refractivity contribution < 1.29 is 14.3 Å². The Balaban J connectivity index is 1.42. The summed E-state index contributed by atoms with van der Waals surface area (Å²) in [5.41, 5.74) is 3.88. The molecule has 3 heterocycles. The molecule has 1 aliphatic rings. The lowest BCUT2D eigenvalue weighted by atomic mass is 9.97. The van der Waals surface area contributed by atoms with Crippen molar-refractivity contribution in [3.8, 4) is 17.2 Å². The summed E-state index contributed by atoms with van der Waals surface area (Å²) in [6.45, 7) is 2.13. The molecule has 0 amide bonds. The van der Waals surface area contributed by atoms with Crippen molar-refractivity contribution >= 4 is 23.1 Å². The second-order valence-corrected chi connectivity index (χ2v) is 7.86. The molecule has 0 spiro atoms. The molecule has 2 N–H and O–H groups in total. The molecule has 4 aromatic rings. The highest BCUT2D eigenvalue weighted by Gasteiger charge is 2.34. The Hall–Kier alpha value is -3.87. The summed E-state index contributed by atoms with van der Waals surface area (Å²) in [5, 5.41) is 3.08. The first-order chi connectivity index (χ1) is 15.7. The lowest BCUT2D eigenvalue weighted by molar-refractivity contribution is -0.107. The van der Waals surface area contributed by atoms with E-state index >= 15 is 0 Å². The minimum absolute atomic E-state index is 0.106. The number of carbonyl (C=O) groups excluding carboxylic acids is 1. The number of aromatic amines is 1. The number of nitrogens with zero attached hydrogens (tertiary/aromatic N) is 2. The van der Waals surface area contributed by atoms with Gasteiger partial charge in [0.25, 0.3) is 0 Å². The number of para-hydroxylation sites is 2. The van der Waals surface area contributed by atoms with E-state index in [1.165, 1.54) is 0 Å². The van der Waals surface area contributed by atoms with E-state index in [0.29, 0.717) is 30.2 Å². The number of imidazole rings is 1. The van der Waals surface area contributed by atoms with Gasteiger partial charge in [-0.2, -0.15) is 0 Å². The lowest BCUT2D eigenvalue weighted by Crippen LogP contribution is -2.09. The highest BCUT2D eigenvalue weighted by atomic mass is 16.5. The normalized spacial score (nSPS) is 17.1. The molecule has 32 heavy (non-hydrogen) atoms. The number of benzene rings is 2. The van der Waals surface area contributed by atoms with E-state index in [4.69, 9.17) is 14.5 Å². The van der Waals surface area contributed by atoms with Crippen LogP contribution in [0.3, 0.4) is 0 Å². The van der Waals surface area contributed by atoms with Crippen LogP contribution >= 0.6 is 0 Å². The van der Waals surface area contributed by atoms with Gasteiger partial charge in [0.1, 0.15) is 35.2 Å². The smallest absolute Gasteiger partial charge is 0.163 e. The Bertz CT molecular complexity index is 1250. The number of carbonyl (C=O) groups is 1. The molecule has 2 unspecified atom stereocenters. The third kappa shape index (κ3) is 3.56. The van der Waals surface area contributed by atoms with Crippen molar-refractivity contribution in [2.45, 2.75) is 31.8 Å². The van der Waals surface area contributed by atoms with Gasteiger partial charge >= 0.3 is 0 Å². The Morgan fingerprint density at radius 2 is 2.09 bits per heavy atom. The summed E-state index contributed by atoms with van der Waals surface area (Å²) < 4.78 is 12.5. The molecule has 0 aliphatic carbocycles. The number of H-pyrrole nitrogens is 1. The van der Waals surface area contributed by atoms with Gasteiger partial charge in [0.2, 0.25) is 0 Å². The van der Waals surface area contributed by atoms with E-state index in [2.05, 4.69) is 22.2 Å². The van der Waals surface area contributed by atoms with Gasteiger partial charge in [0.15, 0.2) is 6.10 Å². The Labute approximate surface area is 185 Å². The molecule has 0 bridgehead atoms. The number of anilines is 1. The van der Waals surface area contributed by atoms with E-state index in [9.17, 15) is 4.79 Å². The van der Waals surface area contributed by atoms with E-state index < -0.39 is 0 Å². The minimum atomic E-state index is -0.187. The van der Waals surface area contributed by atoms with Crippen LogP contribution < -0.4 is 14.8 Å². The molecule has 1 aliphatic heterocycles. The SMILES string of the molecule is CNc1nccc(Oc2ccc3c(c2)C(C)C(c2nc4ccccc4[nH]2)O3)c1CCC=O. The van der Waals surface area contributed by atoms with Crippen LogP contribution in [0.1, 0.15) is 42.3 Å². The van der Waals surface area contributed by atoms with Crippen molar-refractivity contribution in [1.29, 1.82) is 0 Å². The molecule has 2 aromatic carbocycles. The molecular weight excluding hydrogens is 404 g/mol. The van der Waals surface area contributed by atoms with Gasteiger partial charge in [-0.3, -0.25) is 0 Å². The highest BCUT2D eigenvalue weighted by molar-refractivity contribution is 5.75. The van der Waals surface area contributed by atoms with E-state index in [0.717, 1.165) is 40.0 Å². The Morgan fingerprint density at radius 1 is 1.22 bits per heavy atom. The standard InChI is InChI=1S/C25H24N4O3/c1-15-18-14-16(31-22-11-12-27-24(26-2)17(22)6-5-13-30)9-10-21(18)32-23(15)25-28-19-7-3-4-8-20(19)29-25/h3-4,7-15,23H,5-6H2,1-2H3,(H,26,27)(H,28,29). The number of pyridine rings is 1. The van der Waals surface area contributed by atoms with Gasteiger partial charge in [0.05, 0.1) is 11.0 Å². The van der Waals surface area contributed by atoms with Gasteiger partial charge < -0.3 is 24.6 Å². The van der Waals surface area contributed by atoms with Crippen molar-refractivity contribution in [3.05, 3.63) is 71.7 Å². The first-order valence-corrected chi connectivity index (χ1v) is 10.7. The maximum absolute atomic E-state index is 10.9. The van der Waals surface area contributed by atoms with Gasteiger partial charge in [-0.15, -0.1) is 0 Å². The summed E-state index contributed by atoms with van der Waals surface area (Å²) >= 11 is 0. The summed E-state index contributed by atoms with van der Waals surface area (Å²) in [6, 6.07) is 15.7. The van der Waals surface area contributed by atoms with Crippen molar-refractivity contribution in [2.75, 3.05) is 12.4 Å². The zero-order valence-corrected chi connectivity index (χ0v) is 18.0. The second-order valence-electron chi connectivity index (χ2n) is 7.86. The first-order valence-electron chi connectivity index (χ1n) is 10.7. The number of fused-ring (bicyclic) bond motifs is 2. The predicted molar refractivity (Wildman–Crippen MR) is 123 cm³/mol. The number of nitrogens with one attached hydrogen (secondary N) is 2. The van der Waals surface area contributed by atoms with Crippen molar-refractivity contribution in [1.82, 2.24) is 15.0 Å². The van der Waals surface area contributed by atoms with Gasteiger partial charge in [-0.25, -0.2) is 9.97 Å². The molecule has 0 fully saturated rings. The van der Waals surface area contributed by atoms with Crippen molar-refractivity contribution in [2.24, 2.45) is 0 Å². The fraction of sp³-hybridized carbons (Fsp3) is 0.240. The molecule has 0 saturated carbocycles. The van der Waals surface area contributed by atoms with Gasteiger partial charge in [-0.1, -0.05) is 19.1 Å². The minimum Gasteiger partial charge on any atom is -0.482 e. The number of rotatable bonds is 7. The molecule has 2 atom stereocenters. The topological polar surface area (TPSA) is 89.1 Å². The number of hydrogen-bond donors (Lipinski definition) is 2. The predicted octanol–water partition coefficient (Wildman–Crippen LogP) is 5.16. The molecule has 162 valence electrons. The summed E-state index contributed by atoms with van der Waals surface area (Å²) in [7, 11) is 1.81. The molecule has 0 saturated heterocycles. The summed E-state index contributed by atoms with van der Waals surface area (Å²) in [6.07, 6.45) is 3.38. The van der Waals surface area contributed by atoms with Crippen LogP contribution in [0.15, 0.2) is 54.7 Å². The maximum atomic E-state index is 10.9.